The second-order valence-electron chi connectivity index (χ2n) is 22.3. The molecule has 0 aliphatic rings. The molecule has 79 heavy (non-hydrogen) atoms. The summed E-state index contributed by atoms with van der Waals surface area (Å²) in [6.45, 7) is 3.59. The minimum Gasteiger partial charge on any atom is -0.462 e. The van der Waals surface area contributed by atoms with Crippen LogP contribution in [0.3, 0.4) is 0 Å². The Labute approximate surface area is 488 Å². The van der Waals surface area contributed by atoms with Crippen LogP contribution in [0.1, 0.15) is 322 Å². The first-order valence-electron chi connectivity index (χ1n) is 33.4. The number of carbonyl (C=O) groups excluding carboxylic acids is 2. The largest absolute Gasteiger partial charge is 0.472 e. The number of unbranched alkanes of at least 4 members (excludes halogenated alkanes) is 38. The van der Waals surface area contributed by atoms with Crippen molar-refractivity contribution in [2.75, 3.05) is 26.4 Å². The van der Waals surface area contributed by atoms with Gasteiger partial charge in [0.05, 0.1) is 13.2 Å². The normalized spacial score (nSPS) is 13.4. The molecule has 460 valence electrons. The Kier molecular flexibility index (Phi) is 62.5. The number of esters is 2. The maximum atomic E-state index is 12.7. The molecule has 0 bridgehead atoms. The zero-order valence-electron chi connectivity index (χ0n) is 51.6. The van der Waals surface area contributed by atoms with Crippen LogP contribution >= 0.6 is 7.82 Å². The fourth-order valence-electron chi connectivity index (χ4n) is 9.67. The fraction of sp³-hybridized carbons (Fsp3) is 0.797. The molecule has 0 rings (SSSR count). The Morgan fingerprint density at radius 3 is 1.09 bits per heavy atom. The summed E-state index contributed by atoms with van der Waals surface area (Å²) in [5.74, 6) is -0.888. The van der Waals surface area contributed by atoms with Gasteiger partial charge in [0.15, 0.2) is 6.10 Å². The molecule has 9 nitrogen and oxygen atoms in total. The number of carbonyl (C=O) groups is 2. The lowest BCUT2D eigenvalue weighted by atomic mass is 10.0. The number of ether oxygens (including phenoxy) is 2. The van der Waals surface area contributed by atoms with Gasteiger partial charge in [0, 0.05) is 19.4 Å². The van der Waals surface area contributed by atoms with E-state index in [1.165, 1.54) is 231 Å². The van der Waals surface area contributed by atoms with E-state index in [0.717, 1.165) is 51.4 Å². The summed E-state index contributed by atoms with van der Waals surface area (Å²) < 4.78 is 33.0. The molecule has 0 amide bonds. The predicted octanol–water partition coefficient (Wildman–Crippen LogP) is 21.6. The number of phosphoric acid groups is 1. The van der Waals surface area contributed by atoms with Crippen LogP contribution in [0.4, 0.5) is 0 Å². The highest BCUT2D eigenvalue weighted by Crippen LogP contribution is 2.43. The van der Waals surface area contributed by atoms with Crippen LogP contribution in [0.5, 0.6) is 0 Å². The van der Waals surface area contributed by atoms with E-state index in [1.54, 1.807) is 0 Å². The molecule has 0 aromatic heterocycles. The third kappa shape index (κ3) is 64.5. The molecule has 0 aliphatic heterocycles. The van der Waals surface area contributed by atoms with E-state index in [0.29, 0.717) is 12.8 Å². The highest BCUT2D eigenvalue weighted by atomic mass is 31.2. The molecule has 0 fully saturated rings. The number of hydrogen-bond acceptors (Lipinski definition) is 8. The SMILES string of the molecule is CC/C=C\C/C=C\C/C=C\C/C=C\C/C=C\CCCC(=O)OC(COC(=O)CCCCCCCCCCCCCCCCCCCCCCCCCCCCCCC/C=C\CCCCCCCCCC)COP(=O)(O)OCCN. The highest BCUT2D eigenvalue weighted by molar-refractivity contribution is 7.47. The zero-order chi connectivity index (χ0) is 57.3. The predicted molar refractivity (Wildman–Crippen MR) is 339 cm³/mol. The van der Waals surface area contributed by atoms with E-state index < -0.39 is 32.5 Å². The van der Waals surface area contributed by atoms with Gasteiger partial charge in [0.25, 0.3) is 0 Å². The van der Waals surface area contributed by atoms with Crippen LogP contribution in [0, 0.1) is 0 Å². The van der Waals surface area contributed by atoms with E-state index in [4.69, 9.17) is 24.3 Å². The summed E-state index contributed by atoms with van der Waals surface area (Å²) in [5.41, 5.74) is 5.38. The Morgan fingerprint density at radius 2 is 0.709 bits per heavy atom. The van der Waals surface area contributed by atoms with Crippen LogP contribution in [-0.2, 0) is 32.7 Å². The standard InChI is InChI=1S/C69H126NO8P/c1-3-5-7-9-11-13-15-17-19-21-22-23-24-25-26-27-28-29-30-31-32-33-34-35-36-37-38-39-40-41-42-43-44-46-47-49-51-53-55-57-59-61-68(71)75-65-67(66-77-79(73,74)76-64-63-70)78-69(72)62-60-58-56-54-52-50-48-45-20-18-16-14-12-10-8-6-4-2/h6,8,12,14,18,20-22,48,50,54,56,67H,3-5,7,9-11,13,15-17,19,23-47,49,51-53,55,57-66,70H2,1-2H3,(H,73,74)/b8-6-,14-12-,20-18-,22-21-,50-48-,56-54-. The van der Waals surface area contributed by atoms with Crippen LogP contribution < -0.4 is 5.73 Å². The summed E-state index contributed by atoms with van der Waals surface area (Å²) in [5, 5.41) is 0. The summed E-state index contributed by atoms with van der Waals surface area (Å²) in [6.07, 6.45) is 84.7. The van der Waals surface area contributed by atoms with Crippen molar-refractivity contribution in [1.82, 2.24) is 0 Å². The van der Waals surface area contributed by atoms with E-state index in [9.17, 15) is 19.0 Å². The second kappa shape index (κ2) is 64.6. The van der Waals surface area contributed by atoms with E-state index in [-0.39, 0.29) is 32.6 Å². The first-order valence-corrected chi connectivity index (χ1v) is 34.9. The molecule has 0 saturated carbocycles. The van der Waals surface area contributed by atoms with E-state index >= 15 is 0 Å². The molecule has 3 N–H and O–H groups in total. The first kappa shape index (κ1) is 76.5. The molecular weight excluding hydrogens is 1000 g/mol. The van der Waals surface area contributed by atoms with Gasteiger partial charge < -0.3 is 20.1 Å². The molecule has 0 heterocycles. The Hall–Kier alpha value is -2.55. The minimum atomic E-state index is -4.41. The maximum absolute atomic E-state index is 12.7. The number of nitrogens with two attached hydrogens (primary N) is 1. The Morgan fingerprint density at radius 1 is 0.392 bits per heavy atom. The van der Waals surface area contributed by atoms with Crippen molar-refractivity contribution in [3.63, 3.8) is 0 Å². The van der Waals surface area contributed by atoms with Crippen molar-refractivity contribution in [2.24, 2.45) is 5.73 Å². The lowest BCUT2D eigenvalue weighted by Gasteiger charge is -2.19. The molecule has 0 saturated heterocycles. The molecular formula is C69H126NO8P. The first-order chi connectivity index (χ1) is 38.8. The van der Waals surface area contributed by atoms with Gasteiger partial charge in [-0.25, -0.2) is 4.57 Å². The summed E-state index contributed by atoms with van der Waals surface area (Å²) in [6, 6.07) is 0. The number of phosphoric ester groups is 1. The highest BCUT2D eigenvalue weighted by Gasteiger charge is 2.26. The molecule has 0 spiro atoms. The van der Waals surface area contributed by atoms with Crippen LogP contribution in [0.15, 0.2) is 72.9 Å². The van der Waals surface area contributed by atoms with Crippen molar-refractivity contribution < 1.29 is 37.6 Å². The number of allylic oxidation sites excluding steroid dienone is 12. The molecule has 2 unspecified atom stereocenters. The van der Waals surface area contributed by atoms with E-state index in [1.807, 2.05) is 6.08 Å². The second-order valence-corrected chi connectivity index (χ2v) is 23.8. The number of rotatable bonds is 63. The van der Waals surface area contributed by atoms with Crippen molar-refractivity contribution in [1.29, 1.82) is 0 Å². The van der Waals surface area contributed by atoms with Gasteiger partial charge in [-0.05, 0) is 77.0 Å². The maximum Gasteiger partial charge on any atom is 0.472 e. The average Bonchev–Trinajstić information content (AvgIpc) is 3.44. The molecule has 0 aromatic carbocycles. The molecule has 10 heteroatoms. The van der Waals surface area contributed by atoms with Crippen molar-refractivity contribution in [3.05, 3.63) is 72.9 Å². The lowest BCUT2D eigenvalue weighted by Crippen LogP contribution is -2.29. The summed E-state index contributed by atoms with van der Waals surface area (Å²) >= 11 is 0. The molecule has 0 radical (unpaired) electrons. The summed E-state index contributed by atoms with van der Waals surface area (Å²) in [4.78, 5) is 35.2. The van der Waals surface area contributed by atoms with Crippen LogP contribution in [0.2, 0.25) is 0 Å². The van der Waals surface area contributed by atoms with Crippen LogP contribution in [-0.4, -0.2) is 49.3 Å². The minimum absolute atomic E-state index is 0.0427. The van der Waals surface area contributed by atoms with Gasteiger partial charge in [-0.2, -0.15) is 0 Å². The van der Waals surface area contributed by atoms with Gasteiger partial charge in [0.1, 0.15) is 6.61 Å². The van der Waals surface area contributed by atoms with Crippen molar-refractivity contribution >= 4 is 19.8 Å². The van der Waals surface area contributed by atoms with Crippen LogP contribution in [0.25, 0.3) is 0 Å². The number of hydrogen-bond donors (Lipinski definition) is 2. The van der Waals surface area contributed by atoms with Gasteiger partial charge in [-0.3, -0.25) is 18.6 Å². The van der Waals surface area contributed by atoms with Gasteiger partial charge in [-0.1, -0.05) is 305 Å². The monoisotopic (exact) mass is 1130 g/mol. The van der Waals surface area contributed by atoms with Gasteiger partial charge in [0.2, 0.25) is 0 Å². The third-order valence-corrected chi connectivity index (χ3v) is 15.6. The quantitative estimate of drug-likeness (QED) is 0.0264. The fourth-order valence-corrected chi connectivity index (χ4v) is 10.4. The van der Waals surface area contributed by atoms with Gasteiger partial charge >= 0.3 is 19.8 Å². The average molecular weight is 1130 g/mol. The third-order valence-electron chi connectivity index (χ3n) is 14.6. The lowest BCUT2D eigenvalue weighted by molar-refractivity contribution is -0.161. The van der Waals surface area contributed by atoms with Gasteiger partial charge in [-0.15, -0.1) is 0 Å². The molecule has 2 atom stereocenters. The molecule has 0 aliphatic carbocycles. The zero-order valence-corrected chi connectivity index (χ0v) is 52.5. The molecule has 0 aromatic rings. The Balaban J connectivity index is 3.76. The van der Waals surface area contributed by atoms with E-state index in [2.05, 4.69) is 80.7 Å². The summed E-state index contributed by atoms with van der Waals surface area (Å²) in [7, 11) is -4.41. The van der Waals surface area contributed by atoms with Crippen molar-refractivity contribution in [2.45, 2.75) is 328 Å². The Bertz CT molecular complexity index is 1520. The van der Waals surface area contributed by atoms with Crippen molar-refractivity contribution in [3.8, 4) is 0 Å². The topological polar surface area (TPSA) is 134 Å². The smallest absolute Gasteiger partial charge is 0.462 e.